The number of carbonyl (C=O) groups excluding carboxylic acids is 1. The molecule has 37 heavy (non-hydrogen) atoms. The van der Waals surface area contributed by atoms with E-state index in [1.54, 1.807) is 0 Å². The molecule has 7 atom stereocenters. The maximum absolute atomic E-state index is 12.6. The molecule has 206 valence electrons. The summed E-state index contributed by atoms with van der Waals surface area (Å²) in [4.78, 5) is 24.7. The van der Waals surface area contributed by atoms with Crippen molar-refractivity contribution >= 4 is 11.9 Å². The summed E-state index contributed by atoms with van der Waals surface area (Å²) in [5, 5.41) is 21.8. The molecular weight excluding hydrogens is 464 g/mol. The number of carboxylic acids is 1. The Balaban J connectivity index is 2.04. The van der Waals surface area contributed by atoms with Gasteiger partial charge in [-0.05, 0) is 79.3 Å². The van der Waals surface area contributed by atoms with Gasteiger partial charge in [-0.1, -0.05) is 71.1 Å². The highest BCUT2D eigenvalue weighted by Crippen LogP contribution is 2.70. The normalized spacial score (nSPS) is 35.6. The first kappa shape index (κ1) is 29.4. The zero-order chi connectivity index (χ0) is 27.9. The van der Waals surface area contributed by atoms with E-state index in [1.807, 2.05) is 0 Å². The smallest absolute Gasteiger partial charge is 0.306 e. The van der Waals surface area contributed by atoms with Crippen molar-refractivity contribution in [3.05, 3.63) is 47.6 Å². The molecule has 5 nitrogen and oxygen atoms in total. The summed E-state index contributed by atoms with van der Waals surface area (Å²) in [6.45, 7) is 21.3. The monoisotopic (exact) mass is 512 g/mol. The number of methoxy groups -OCH3 is 1. The molecule has 0 bridgehead atoms. The molecule has 0 aromatic rings. The van der Waals surface area contributed by atoms with Crippen molar-refractivity contribution in [2.45, 2.75) is 92.6 Å². The van der Waals surface area contributed by atoms with Crippen molar-refractivity contribution in [3.63, 3.8) is 0 Å². The van der Waals surface area contributed by atoms with Gasteiger partial charge in [0.15, 0.2) is 0 Å². The summed E-state index contributed by atoms with van der Waals surface area (Å²) in [6, 6.07) is 0. The lowest BCUT2D eigenvalue weighted by atomic mass is 9.48. The van der Waals surface area contributed by atoms with Gasteiger partial charge in [-0.3, -0.25) is 9.59 Å². The second-order valence-electron chi connectivity index (χ2n) is 12.9. The minimum absolute atomic E-state index is 0.205. The maximum Gasteiger partial charge on any atom is 0.306 e. The molecule has 0 heterocycles. The fraction of sp³-hybridized carbons (Fsp3) is 0.688. The van der Waals surface area contributed by atoms with Gasteiger partial charge >= 0.3 is 11.9 Å². The Labute approximate surface area is 223 Å². The van der Waals surface area contributed by atoms with Crippen molar-refractivity contribution in [3.8, 4) is 0 Å². The predicted octanol–water partition coefficient (Wildman–Crippen LogP) is 6.89. The number of fused-ring (bicyclic) bond motifs is 3. The van der Waals surface area contributed by atoms with Crippen LogP contribution < -0.4 is 0 Å². The lowest BCUT2D eigenvalue weighted by Gasteiger charge is -2.56. The lowest BCUT2D eigenvalue weighted by molar-refractivity contribution is -0.148. The van der Waals surface area contributed by atoms with Crippen LogP contribution >= 0.6 is 0 Å². The number of aliphatic hydroxyl groups is 1. The van der Waals surface area contributed by atoms with Crippen molar-refractivity contribution in [1.29, 1.82) is 0 Å². The summed E-state index contributed by atoms with van der Waals surface area (Å²) in [6.07, 6.45) is 8.10. The van der Waals surface area contributed by atoms with Gasteiger partial charge in [-0.2, -0.15) is 0 Å². The number of carboxylic acid groups (broad SMARTS) is 1. The lowest BCUT2D eigenvalue weighted by Crippen LogP contribution is -2.48. The fourth-order valence-electron chi connectivity index (χ4n) is 7.95. The molecule has 0 spiro atoms. The van der Waals surface area contributed by atoms with E-state index >= 15 is 0 Å². The Kier molecular flexibility index (Phi) is 8.39. The molecule has 0 unspecified atom stereocenters. The highest BCUT2D eigenvalue weighted by atomic mass is 16.5. The van der Waals surface area contributed by atoms with Crippen LogP contribution in [0.15, 0.2) is 47.6 Å². The number of allylic oxidation sites excluding steroid dienone is 6. The van der Waals surface area contributed by atoms with Crippen molar-refractivity contribution in [2.75, 3.05) is 7.11 Å². The molecular formula is C32H48O5. The number of aliphatic carboxylic acids is 1. The first-order valence-corrected chi connectivity index (χ1v) is 13.9. The second kappa shape index (κ2) is 10.6. The minimum Gasteiger partial charge on any atom is -0.481 e. The van der Waals surface area contributed by atoms with Gasteiger partial charge in [0.25, 0.3) is 0 Å². The molecule has 3 aliphatic rings. The third-order valence-electron chi connectivity index (χ3n) is 10.6. The van der Waals surface area contributed by atoms with Crippen LogP contribution in [0.3, 0.4) is 0 Å². The van der Waals surface area contributed by atoms with Gasteiger partial charge in [0.1, 0.15) is 0 Å². The van der Waals surface area contributed by atoms with Gasteiger partial charge in [-0.15, -0.1) is 0 Å². The van der Waals surface area contributed by atoms with Crippen LogP contribution in [0.4, 0.5) is 0 Å². The van der Waals surface area contributed by atoms with Gasteiger partial charge < -0.3 is 14.9 Å². The van der Waals surface area contributed by atoms with Crippen molar-refractivity contribution < 1.29 is 24.5 Å². The van der Waals surface area contributed by atoms with Crippen LogP contribution in [-0.2, 0) is 14.3 Å². The molecule has 3 rings (SSSR count). The number of ether oxygens (including phenoxy) is 1. The average molecular weight is 513 g/mol. The molecule has 2 N–H and O–H groups in total. The summed E-state index contributed by atoms with van der Waals surface area (Å²) < 4.78 is 4.96. The molecule has 1 saturated carbocycles. The number of rotatable bonds is 10. The summed E-state index contributed by atoms with van der Waals surface area (Å²) in [7, 11) is 1.43. The van der Waals surface area contributed by atoms with Crippen LogP contribution in [0.1, 0.15) is 86.5 Å². The minimum atomic E-state index is -0.830. The van der Waals surface area contributed by atoms with E-state index in [-0.39, 0.29) is 28.6 Å². The largest absolute Gasteiger partial charge is 0.481 e. The van der Waals surface area contributed by atoms with Crippen LogP contribution in [-0.4, -0.2) is 35.4 Å². The van der Waals surface area contributed by atoms with Crippen molar-refractivity contribution in [1.82, 2.24) is 0 Å². The molecule has 0 amide bonds. The number of hydrogen-bond donors (Lipinski definition) is 2. The van der Waals surface area contributed by atoms with Gasteiger partial charge in [0.05, 0.1) is 19.1 Å². The highest BCUT2D eigenvalue weighted by molar-refractivity contribution is 5.71. The number of carbonyl (C=O) groups is 2. The summed E-state index contributed by atoms with van der Waals surface area (Å²) >= 11 is 0. The third kappa shape index (κ3) is 4.89. The second-order valence-corrected chi connectivity index (χ2v) is 12.9. The Hall–Kier alpha value is -2.14. The van der Waals surface area contributed by atoms with Crippen LogP contribution in [0, 0.1) is 39.9 Å². The summed E-state index contributed by atoms with van der Waals surface area (Å²) in [5.41, 5.74) is 3.58. The molecule has 3 aliphatic carbocycles. The molecule has 5 heteroatoms. The van der Waals surface area contributed by atoms with Gasteiger partial charge in [0.2, 0.25) is 0 Å². The molecule has 0 radical (unpaired) electrons. The van der Waals surface area contributed by atoms with E-state index in [2.05, 4.69) is 66.9 Å². The van der Waals surface area contributed by atoms with E-state index in [0.29, 0.717) is 44.4 Å². The highest BCUT2D eigenvalue weighted by Gasteiger charge is 2.65. The molecule has 1 fully saturated rings. The SMILES string of the molecule is C=C(CC[C@@H](C(=O)O)[C@H]1[C@H](O)C[C@@]2(C)C3=CC[C@@H](C(=C)C)[C@](C)(CCC(=O)OC)C3=CC[C@]12C)C(C)C. The summed E-state index contributed by atoms with van der Waals surface area (Å²) in [5.74, 6) is -1.52. The quantitative estimate of drug-likeness (QED) is 0.246. The number of aliphatic hydroxyl groups excluding tert-OH is 1. The number of hydrogen-bond acceptors (Lipinski definition) is 4. The predicted molar refractivity (Wildman–Crippen MR) is 148 cm³/mol. The Morgan fingerprint density at radius 2 is 1.78 bits per heavy atom. The topological polar surface area (TPSA) is 83.8 Å². The van der Waals surface area contributed by atoms with Crippen molar-refractivity contribution in [2.24, 2.45) is 39.9 Å². The molecule has 0 aromatic heterocycles. The van der Waals surface area contributed by atoms with Gasteiger partial charge in [-0.25, -0.2) is 0 Å². The van der Waals surface area contributed by atoms with E-state index in [9.17, 15) is 19.8 Å². The molecule has 0 saturated heterocycles. The van der Waals surface area contributed by atoms with E-state index in [4.69, 9.17) is 4.74 Å². The molecule has 0 aliphatic heterocycles. The molecule has 0 aromatic carbocycles. The maximum atomic E-state index is 12.6. The van der Waals surface area contributed by atoms with Crippen LogP contribution in [0.2, 0.25) is 0 Å². The Morgan fingerprint density at radius 3 is 2.32 bits per heavy atom. The van der Waals surface area contributed by atoms with E-state index in [1.165, 1.54) is 18.3 Å². The first-order valence-electron chi connectivity index (χ1n) is 13.9. The van der Waals surface area contributed by atoms with Crippen LogP contribution in [0.25, 0.3) is 0 Å². The third-order valence-corrected chi connectivity index (χ3v) is 10.6. The standard InChI is InChI=1S/C32H48O5/c1-19(2)21(5)10-11-22(29(35)36)28-26(33)18-32(8)25-13-12-23(20(3)4)30(6,16-15-27(34)37-9)24(25)14-17-31(28,32)7/h13-14,19,22-23,26,28,33H,3,5,10-12,15-18H2,1-2,4,6-9H3,(H,35,36)/t22-,23+,26-,28+,30+,31-,32+/m1/s1. The van der Waals surface area contributed by atoms with E-state index < -0.39 is 23.4 Å². The number of esters is 1. The van der Waals surface area contributed by atoms with E-state index in [0.717, 1.165) is 17.6 Å². The fourth-order valence-corrected chi connectivity index (χ4v) is 7.95. The average Bonchev–Trinajstić information content (AvgIpc) is 3.02. The Bertz CT molecular complexity index is 1020. The zero-order valence-corrected chi connectivity index (χ0v) is 24.0. The first-order chi connectivity index (χ1) is 17.1. The zero-order valence-electron chi connectivity index (χ0n) is 24.0. The van der Waals surface area contributed by atoms with Crippen LogP contribution in [0.5, 0.6) is 0 Å². The Morgan fingerprint density at radius 1 is 1.14 bits per heavy atom. The van der Waals surface area contributed by atoms with Gasteiger partial charge in [0, 0.05) is 17.8 Å².